The molecule has 2 rings (SSSR count). The molecule has 0 bridgehead atoms. The number of amides is 2. The zero-order valence-electron chi connectivity index (χ0n) is 15.8. The van der Waals surface area contributed by atoms with E-state index < -0.39 is 6.04 Å². The quantitative estimate of drug-likeness (QED) is 0.671. The molecule has 7 heteroatoms. The van der Waals surface area contributed by atoms with E-state index in [1.165, 1.54) is 17.0 Å². The summed E-state index contributed by atoms with van der Waals surface area (Å²) in [5.41, 5.74) is 1.43. The van der Waals surface area contributed by atoms with Gasteiger partial charge in [0.25, 0.3) is 0 Å². The molecule has 28 heavy (non-hydrogen) atoms. The number of nitrogens with one attached hydrogen (secondary N) is 1. The van der Waals surface area contributed by atoms with Crippen LogP contribution in [0.25, 0.3) is 0 Å². The van der Waals surface area contributed by atoms with Crippen LogP contribution in [0, 0.1) is 5.82 Å². The fraction of sp³-hybridized carbons (Fsp3) is 0.333. The van der Waals surface area contributed by atoms with Crippen LogP contribution in [0.15, 0.2) is 42.5 Å². The normalized spacial score (nSPS) is 11.8. The summed E-state index contributed by atoms with van der Waals surface area (Å²) in [5, 5.41) is 3.59. The third kappa shape index (κ3) is 6.21. The zero-order chi connectivity index (χ0) is 20.7. The third-order valence-electron chi connectivity index (χ3n) is 4.32. The molecule has 4 nitrogen and oxygen atoms in total. The molecule has 0 unspecified atom stereocenters. The highest BCUT2D eigenvalue weighted by molar-refractivity contribution is 6.42. The van der Waals surface area contributed by atoms with Crippen molar-refractivity contribution in [3.8, 4) is 0 Å². The maximum Gasteiger partial charge on any atom is 0.242 e. The molecule has 0 heterocycles. The number of rotatable bonds is 8. The Balaban J connectivity index is 2.21. The number of hydrogen-bond donors (Lipinski definition) is 1. The average molecular weight is 425 g/mol. The number of benzene rings is 2. The second-order valence-electron chi connectivity index (χ2n) is 6.54. The van der Waals surface area contributed by atoms with Crippen molar-refractivity contribution in [2.75, 3.05) is 6.54 Å². The van der Waals surface area contributed by atoms with Gasteiger partial charge in [0.15, 0.2) is 0 Å². The van der Waals surface area contributed by atoms with Crippen molar-refractivity contribution >= 4 is 35.0 Å². The molecule has 2 aromatic rings. The maximum absolute atomic E-state index is 13.2. The Morgan fingerprint density at radius 1 is 1.07 bits per heavy atom. The number of carbonyl (C=O) groups excluding carboxylic acids is 2. The first-order valence-electron chi connectivity index (χ1n) is 9.07. The molecule has 0 radical (unpaired) electrons. The monoisotopic (exact) mass is 424 g/mol. The van der Waals surface area contributed by atoms with Gasteiger partial charge in [-0.05, 0) is 48.7 Å². The van der Waals surface area contributed by atoms with E-state index in [9.17, 15) is 14.0 Å². The van der Waals surface area contributed by atoms with Crippen LogP contribution in [0.4, 0.5) is 4.39 Å². The summed E-state index contributed by atoms with van der Waals surface area (Å²) < 4.78 is 13.2. The fourth-order valence-electron chi connectivity index (χ4n) is 2.69. The van der Waals surface area contributed by atoms with Gasteiger partial charge in [-0.15, -0.1) is 0 Å². The van der Waals surface area contributed by atoms with E-state index in [1.54, 1.807) is 37.3 Å². The lowest BCUT2D eigenvalue weighted by Crippen LogP contribution is -2.48. The molecule has 0 saturated carbocycles. The predicted molar refractivity (Wildman–Crippen MR) is 110 cm³/mol. The molecule has 150 valence electrons. The van der Waals surface area contributed by atoms with E-state index in [2.05, 4.69) is 5.32 Å². The zero-order valence-corrected chi connectivity index (χ0v) is 17.4. The van der Waals surface area contributed by atoms with Crippen LogP contribution in [0.3, 0.4) is 0 Å². The summed E-state index contributed by atoms with van der Waals surface area (Å²) in [5.74, 6) is -0.820. The van der Waals surface area contributed by atoms with Gasteiger partial charge in [-0.1, -0.05) is 48.3 Å². The van der Waals surface area contributed by atoms with Crippen LogP contribution in [0.5, 0.6) is 0 Å². The molecule has 2 amide bonds. The van der Waals surface area contributed by atoms with Crippen LogP contribution < -0.4 is 5.32 Å². The second-order valence-corrected chi connectivity index (χ2v) is 7.35. The van der Waals surface area contributed by atoms with Gasteiger partial charge in [0.2, 0.25) is 11.8 Å². The summed E-state index contributed by atoms with van der Waals surface area (Å²) in [6.45, 7) is 4.37. The smallest absolute Gasteiger partial charge is 0.242 e. The van der Waals surface area contributed by atoms with Gasteiger partial charge in [-0.3, -0.25) is 9.59 Å². The lowest BCUT2D eigenvalue weighted by Gasteiger charge is -2.29. The van der Waals surface area contributed by atoms with Gasteiger partial charge >= 0.3 is 0 Å². The van der Waals surface area contributed by atoms with Gasteiger partial charge in [-0.25, -0.2) is 4.39 Å². The lowest BCUT2D eigenvalue weighted by atomic mass is 10.1. The van der Waals surface area contributed by atoms with Gasteiger partial charge in [0.1, 0.15) is 11.9 Å². The SMILES string of the molecule is CCCNC(=O)[C@@H](C)N(Cc1ccc(F)cc1)C(=O)Cc1ccc(Cl)c(Cl)c1. The van der Waals surface area contributed by atoms with Gasteiger partial charge in [0.05, 0.1) is 16.5 Å². The Bertz CT molecular complexity index is 828. The van der Waals surface area contributed by atoms with Crippen LogP contribution in [-0.2, 0) is 22.6 Å². The predicted octanol–water partition coefficient (Wildman–Crippen LogP) is 4.62. The minimum atomic E-state index is -0.674. The molecule has 0 aliphatic carbocycles. The second kappa shape index (κ2) is 10.4. The summed E-state index contributed by atoms with van der Waals surface area (Å²) in [6.07, 6.45) is 0.872. The largest absolute Gasteiger partial charge is 0.354 e. The van der Waals surface area contributed by atoms with Gasteiger partial charge in [0, 0.05) is 13.1 Å². The molecule has 0 spiro atoms. The maximum atomic E-state index is 13.2. The Labute approximate surface area is 174 Å². The highest BCUT2D eigenvalue weighted by Crippen LogP contribution is 2.23. The first-order chi connectivity index (χ1) is 13.3. The van der Waals surface area contributed by atoms with Crippen molar-refractivity contribution < 1.29 is 14.0 Å². The van der Waals surface area contributed by atoms with Crippen LogP contribution >= 0.6 is 23.2 Å². The minimum absolute atomic E-state index is 0.0729. The topological polar surface area (TPSA) is 49.4 Å². The highest BCUT2D eigenvalue weighted by atomic mass is 35.5. The van der Waals surface area contributed by atoms with Crippen molar-refractivity contribution in [3.63, 3.8) is 0 Å². The Hall–Kier alpha value is -2.11. The molecule has 2 aromatic carbocycles. The number of hydrogen-bond acceptors (Lipinski definition) is 2. The molecule has 0 fully saturated rings. The summed E-state index contributed by atoms with van der Waals surface area (Å²) in [7, 11) is 0. The van der Waals surface area contributed by atoms with E-state index in [-0.39, 0.29) is 30.6 Å². The van der Waals surface area contributed by atoms with Crippen LogP contribution in [0.2, 0.25) is 10.0 Å². The molecule has 0 aromatic heterocycles. The molecule has 0 aliphatic heterocycles. The summed E-state index contributed by atoms with van der Waals surface area (Å²) >= 11 is 12.0. The Morgan fingerprint density at radius 2 is 1.71 bits per heavy atom. The Kier molecular flexibility index (Phi) is 8.27. The van der Waals surface area contributed by atoms with Crippen molar-refractivity contribution in [2.24, 2.45) is 0 Å². The number of carbonyl (C=O) groups is 2. The minimum Gasteiger partial charge on any atom is -0.354 e. The Morgan fingerprint density at radius 3 is 2.32 bits per heavy atom. The molecule has 0 saturated heterocycles. The number of halogens is 3. The number of nitrogens with zero attached hydrogens (tertiary/aromatic N) is 1. The van der Waals surface area contributed by atoms with Gasteiger partial charge in [-0.2, -0.15) is 0 Å². The van der Waals surface area contributed by atoms with Crippen molar-refractivity contribution in [1.29, 1.82) is 0 Å². The molecular weight excluding hydrogens is 402 g/mol. The first kappa shape index (κ1) is 22.2. The standard InChI is InChI=1S/C21H23Cl2FN2O2/c1-3-10-25-21(28)14(2)26(13-15-4-7-17(24)8-5-15)20(27)12-16-6-9-18(22)19(23)11-16/h4-9,11,14H,3,10,12-13H2,1-2H3,(H,25,28)/t14-/m1/s1. The van der Waals surface area contributed by atoms with Crippen molar-refractivity contribution in [2.45, 2.75) is 39.3 Å². The van der Waals surface area contributed by atoms with E-state index in [0.717, 1.165) is 12.0 Å². The average Bonchev–Trinajstić information content (AvgIpc) is 2.67. The van der Waals surface area contributed by atoms with Crippen LogP contribution in [-0.4, -0.2) is 29.3 Å². The first-order valence-corrected chi connectivity index (χ1v) is 9.83. The lowest BCUT2D eigenvalue weighted by molar-refractivity contribution is -0.140. The van der Waals surface area contributed by atoms with Crippen molar-refractivity contribution in [3.05, 3.63) is 69.5 Å². The molecule has 0 aliphatic rings. The fourth-order valence-corrected chi connectivity index (χ4v) is 3.01. The van der Waals surface area contributed by atoms with E-state index in [1.807, 2.05) is 6.92 Å². The van der Waals surface area contributed by atoms with E-state index in [4.69, 9.17) is 23.2 Å². The van der Waals surface area contributed by atoms with Crippen molar-refractivity contribution in [1.82, 2.24) is 10.2 Å². The third-order valence-corrected chi connectivity index (χ3v) is 5.06. The summed E-state index contributed by atoms with van der Waals surface area (Å²) in [4.78, 5) is 26.9. The van der Waals surface area contributed by atoms with Gasteiger partial charge < -0.3 is 10.2 Å². The molecule has 1 atom stereocenters. The highest BCUT2D eigenvalue weighted by Gasteiger charge is 2.26. The molecule has 1 N–H and O–H groups in total. The van der Waals surface area contributed by atoms with E-state index >= 15 is 0 Å². The van der Waals surface area contributed by atoms with Crippen LogP contribution in [0.1, 0.15) is 31.4 Å². The summed E-state index contributed by atoms with van der Waals surface area (Å²) in [6, 6.07) is 10.2. The van der Waals surface area contributed by atoms with E-state index in [0.29, 0.717) is 22.2 Å². The molecular formula is C21H23Cl2FN2O2.